The zero-order chi connectivity index (χ0) is 15.4. The molecule has 0 spiro atoms. The summed E-state index contributed by atoms with van der Waals surface area (Å²) in [7, 11) is 1.33. The number of nitro groups is 1. The molecule has 0 fully saturated rings. The average molecular weight is 286 g/mol. The average Bonchev–Trinajstić information content (AvgIpc) is 2.53. The zero-order valence-electron chi connectivity index (χ0n) is 11.0. The fourth-order valence-corrected chi connectivity index (χ4v) is 1.91. The third-order valence-corrected chi connectivity index (χ3v) is 2.90. The Morgan fingerprint density at radius 3 is 2.86 bits per heavy atom. The van der Waals surface area contributed by atoms with E-state index in [1.54, 1.807) is 5.94 Å². The first-order valence-corrected chi connectivity index (χ1v) is 5.89. The van der Waals surface area contributed by atoms with Crippen molar-refractivity contribution in [2.75, 3.05) is 7.11 Å². The van der Waals surface area contributed by atoms with Crippen LogP contribution in [0.5, 0.6) is 0 Å². The van der Waals surface area contributed by atoms with Gasteiger partial charge in [-0.1, -0.05) is 12.1 Å². The van der Waals surface area contributed by atoms with E-state index in [-0.39, 0.29) is 22.5 Å². The number of carbonyl (C=O) groups is 1. The van der Waals surface area contributed by atoms with Crippen molar-refractivity contribution in [1.82, 2.24) is 0 Å². The Kier molecular flexibility index (Phi) is 4.18. The molecule has 7 nitrogen and oxygen atoms in total. The molecule has 106 valence electrons. The van der Waals surface area contributed by atoms with Gasteiger partial charge in [0, 0.05) is 31.0 Å². The van der Waals surface area contributed by atoms with Crippen molar-refractivity contribution in [2.24, 2.45) is 4.99 Å². The smallest absolute Gasteiger partial charge is 0.270 e. The van der Waals surface area contributed by atoms with Gasteiger partial charge in [0.25, 0.3) is 5.69 Å². The van der Waals surface area contributed by atoms with Gasteiger partial charge in [-0.25, -0.2) is 4.79 Å². The van der Waals surface area contributed by atoms with Crippen molar-refractivity contribution >= 4 is 23.1 Å². The van der Waals surface area contributed by atoms with E-state index in [2.05, 4.69) is 4.99 Å². The van der Waals surface area contributed by atoms with Gasteiger partial charge in [-0.15, -0.1) is 0 Å². The maximum atomic E-state index is 12.4. The second-order valence-electron chi connectivity index (χ2n) is 4.14. The summed E-state index contributed by atoms with van der Waals surface area (Å²) in [5.74, 6) is 1.15. The van der Waals surface area contributed by atoms with Crippen molar-refractivity contribution in [1.29, 1.82) is 0 Å². The SMILES string of the molecule is COC1C(=C=O)C=CN=C1C(=O)c1cccc([N+](=O)[O-])c1. The summed E-state index contributed by atoms with van der Waals surface area (Å²) in [5.41, 5.74) is 0.0265. The number of nitrogens with zero attached hydrogens (tertiary/aromatic N) is 2. The number of nitro benzene ring substituents is 1. The fourth-order valence-electron chi connectivity index (χ4n) is 1.91. The second-order valence-corrected chi connectivity index (χ2v) is 4.14. The van der Waals surface area contributed by atoms with Gasteiger partial charge in [0.2, 0.25) is 5.78 Å². The van der Waals surface area contributed by atoms with Gasteiger partial charge in [0.05, 0.1) is 10.5 Å². The number of Topliss-reactive ketones (excluding diaryl/α,β-unsaturated/α-hetero) is 1. The van der Waals surface area contributed by atoms with Gasteiger partial charge < -0.3 is 4.74 Å². The third-order valence-electron chi connectivity index (χ3n) is 2.90. The Bertz CT molecular complexity index is 714. The van der Waals surface area contributed by atoms with E-state index in [0.717, 1.165) is 6.07 Å². The van der Waals surface area contributed by atoms with Gasteiger partial charge in [0.15, 0.2) is 0 Å². The van der Waals surface area contributed by atoms with Crippen molar-refractivity contribution in [3.05, 3.63) is 57.8 Å². The molecule has 0 amide bonds. The molecular formula is C14H10N2O5. The number of rotatable bonds is 4. The molecule has 1 aliphatic rings. The summed E-state index contributed by atoms with van der Waals surface area (Å²) < 4.78 is 5.09. The summed E-state index contributed by atoms with van der Waals surface area (Å²) in [5, 5.41) is 10.7. The highest BCUT2D eigenvalue weighted by Gasteiger charge is 2.29. The predicted molar refractivity (Wildman–Crippen MR) is 74.0 cm³/mol. The van der Waals surface area contributed by atoms with Crippen LogP contribution in [-0.4, -0.2) is 35.6 Å². The molecule has 1 aliphatic heterocycles. The number of hydrogen-bond donors (Lipinski definition) is 0. The molecule has 0 aromatic heterocycles. The van der Waals surface area contributed by atoms with E-state index >= 15 is 0 Å². The molecule has 1 aromatic rings. The molecule has 1 heterocycles. The Morgan fingerprint density at radius 1 is 1.48 bits per heavy atom. The van der Waals surface area contributed by atoms with Gasteiger partial charge in [-0.05, 0) is 6.08 Å². The van der Waals surface area contributed by atoms with E-state index in [9.17, 15) is 19.7 Å². The summed E-state index contributed by atoms with van der Waals surface area (Å²) >= 11 is 0. The van der Waals surface area contributed by atoms with Crippen LogP contribution < -0.4 is 0 Å². The number of methoxy groups -OCH3 is 1. The second kappa shape index (κ2) is 6.04. The zero-order valence-corrected chi connectivity index (χ0v) is 11.0. The van der Waals surface area contributed by atoms with Crippen molar-refractivity contribution in [3.63, 3.8) is 0 Å². The summed E-state index contributed by atoms with van der Waals surface area (Å²) in [4.78, 5) is 37.3. The van der Waals surface area contributed by atoms with Crippen LogP contribution in [0.1, 0.15) is 10.4 Å². The molecule has 0 saturated carbocycles. The lowest BCUT2D eigenvalue weighted by molar-refractivity contribution is -0.384. The normalized spacial score (nSPS) is 17.1. The maximum Gasteiger partial charge on any atom is 0.270 e. The largest absolute Gasteiger partial charge is 0.369 e. The van der Waals surface area contributed by atoms with Crippen LogP contribution in [-0.2, 0) is 9.53 Å². The first kappa shape index (κ1) is 14.5. The van der Waals surface area contributed by atoms with Gasteiger partial charge in [-0.3, -0.25) is 19.9 Å². The number of non-ortho nitro benzene ring substituents is 1. The van der Waals surface area contributed by atoms with Crippen molar-refractivity contribution in [3.8, 4) is 0 Å². The van der Waals surface area contributed by atoms with Crippen LogP contribution in [0.4, 0.5) is 5.69 Å². The van der Waals surface area contributed by atoms with E-state index in [0.29, 0.717) is 0 Å². The van der Waals surface area contributed by atoms with Crippen molar-refractivity contribution < 1.29 is 19.2 Å². The first-order valence-electron chi connectivity index (χ1n) is 5.89. The number of carbonyl (C=O) groups excluding carboxylic acids is 2. The monoisotopic (exact) mass is 286 g/mol. The van der Waals surface area contributed by atoms with Gasteiger partial charge in [0.1, 0.15) is 17.8 Å². The van der Waals surface area contributed by atoms with Crippen LogP contribution >= 0.6 is 0 Å². The Labute approximate surface area is 119 Å². The molecule has 0 N–H and O–H groups in total. The van der Waals surface area contributed by atoms with Crippen LogP contribution in [0.3, 0.4) is 0 Å². The van der Waals surface area contributed by atoms with Crippen LogP contribution in [0, 0.1) is 10.1 Å². The van der Waals surface area contributed by atoms with E-state index in [4.69, 9.17) is 4.74 Å². The van der Waals surface area contributed by atoms with E-state index in [1.165, 1.54) is 37.6 Å². The van der Waals surface area contributed by atoms with Gasteiger partial charge in [-0.2, -0.15) is 0 Å². The Morgan fingerprint density at radius 2 is 2.24 bits per heavy atom. The number of benzene rings is 1. The van der Waals surface area contributed by atoms with Crippen LogP contribution in [0.25, 0.3) is 0 Å². The number of ether oxygens (including phenoxy) is 1. The van der Waals surface area contributed by atoms with Crippen LogP contribution in [0.2, 0.25) is 0 Å². The molecule has 1 atom stereocenters. The minimum atomic E-state index is -0.931. The molecule has 1 unspecified atom stereocenters. The Hall–Kier alpha value is -2.89. The van der Waals surface area contributed by atoms with E-state index < -0.39 is 16.8 Å². The highest BCUT2D eigenvalue weighted by atomic mass is 16.6. The summed E-state index contributed by atoms with van der Waals surface area (Å²) in [6.45, 7) is 0. The third kappa shape index (κ3) is 2.84. The molecule has 21 heavy (non-hydrogen) atoms. The van der Waals surface area contributed by atoms with Gasteiger partial charge >= 0.3 is 0 Å². The predicted octanol–water partition coefficient (Wildman–Crippen LogP) is 1.52. The first-order chi connectivity index (χ1) is 10.1. The topological polar surface area (TPSA) is 98.9 Å². The number of hydrogen-bond acceptors (Lipinski definition) is 6. The van der Waals surface area contributed by atoms with E-state index in [1.807, 2.05) is 0 Å². The lowest BCUT2D eigenvalue weighted by atomic mass is 9.96. The lowest BCUT2D eigenvalue weighted by Gasteiger charge is -2.18. The van der Waals surface area contributed by atoms with Crippen LogP contribution in [0.15, 0.2) is 47.1 Å². The molecule has 2 rings (SSSR count). The molecule has 0 radical (unpaired) electrons. The minimum Gasteiger partial charge on any atom is -0.369 e. The molecule has 0 aliphatic carbocycles. The minimum absolute atomic E-state index is 0.0150. The maximum absolute atomic E-state index is 12.4. The quantitative estimate of drug-likeness (QED) is 0.361. The number of ketones is 1. The molecule has 0 bridgehead atoms. The number of aliphatic imine (C=N–C) groups is 1. The summed E-state index contributed by atoms with van der Waals surface area (Å²) in [6, 6.07) is 5.28. The highest BCUT2D eigenvalue weighted by Crippen LogP contribution is 2.19. The molecule has 1 aromatic carbocycles. The highest BCUT2D eigenvalue weighted by molar-refractivity contribution is 6.48. The molecule has 0 saturated heterocycles. The summed E-state index contributed by atoms with van der Waals surface area (Å²) in [6.07, 6.45) is 1.76. The standard InChI is InChI=1S/C14H10N2O5/c1-21-14-10(8-17)5-6-15-12(14)13(18)9-3-2-4-11(7-9)16(19)20/h2-7,14H,1H3. The molecule has 7 heteroatoms. The molecular weight excluding hydrogens is 276 g/mol. The Balaban J connectivity index is 2.42. The van der Waals surface area contributed by atoms with Crippen molar-refractivity contribution in [2.45, 2.75) is 6.10 Å². The lowest BCUT2D eigenvalue weighted by Crippen LogP contribution is -2.33. The fraction of sp³-hybridized carbons (Fsp3) is 0.143.